The maximum absolute atomic E-state index is 11.7. The predicted octanol–water partition coefficient (Wildman–Crippen LogP) is 6.24. The van der Waals surface area contributed by atoms with Crippen molar-refractivity contribution in [2.24, 2.45) is 0 Å². The lowest BCUT2D eigenvalue weighted by molar-refractivity contribution is -0.385. The number of amides is 1. The Hall–Kier alpha value is -4.07. The van der Waals surface area contributed by atoms with E-state index < -0.39 is 16.6 Å². The Morgan fingerprint density at radius 1 is 0.970 bits per heavy atom. The molecule has 0 aliphatic heterocycles. The van der Waals surface area contributed by atoms with Gasteiger partial charge in [0.15, 0.2) is 0 Å². The number of rotatable bonds is 8. The number of carboxylic acid groups (broad SMARTS) is 1. The van der Waals surface area contributed by atoms with Crippen LogP contribution in [0.5, 0.6) is 17.2 Å². The summed E-state index contributed by atoms with van der Waals surface area (Å²) in [6.07, 6.45) is -1.03. The van der Waals surface area contributed by atoms with E-state index in [-0.39, 0.29) is 18.0 Å². The Bertz CT molecular complexity index is 1130. The van der Waals surface area contributed by atoms with Gasteiger partial charge in [0.25, 0.3) is 0 Å². The van der Waals surface area contributed by atoms with Gasteiger partial charge in [0, 0.05) is 24.2 Å². The van der Waals surface area contributed by atoms with E-state index in [0.717, 1.165) is 5.56 Å². The largest absolute Gasteiger partial charge is 0.489 e. The molecule has 1 amide bonds. The van der Waals surface area contributed by atoms with Crippen LogP contribution in [0.15, 0.2) is 72.8 Å². The molecule has 3 rings (SSSR count). The molecule has 33 heavy (non-hydrogen) atoms. The zero-order chi connectivity index (χ0) is 24.0. The van der Waals surface area contributed by atoms with E-state index in [0.29, 0.717) is 23.7 Å². The van der Waals surface area contributed by atoms with E-state index in [1.54, 1.807) is 24.3 Å². The fraction of sp³-hybridized carbons (Fsp3) is 0.240. The molecule has 3 aromatic rings. The number of benzene rings is 3. The molecule has 0 fully saturated rings. The smallest absolute Gasteiger partial charge is 0.408 e. The van der Waals surface area contributed by atoms with Crippen LogP contribution in [0, 0.1) is 10.1 Å². The SMILES string of the molecule is CC(C)(C)N(Cc1cccc(Oc2cc(OCc3ccccc3)ccc2[N+](=O)[O-])c1)C(=O)O. The van der Waals surface area contributed by atoms with Gasteiger partial charge < -0.3 is 14.6 Å². The maximum atomic E-state index is 11.7. The van der Waals surface area contributed by atoms with Gasteiger partial charge in [-0.05, 0) is 50.1 Å². The molecular weight excluding hydrogens is 424 g/mol. The number of nitrogens with zero attached hydrogens (tertiary/aromatic N) is 2. The van der Waals surface area contributed by atoms with E-state index in [2.05, 4.69) is 0 Å². The van der Waals surface area contributed by atoms with Crippen LogP contribution in [0.1, 0.15) is 31.9 Å². The molecule has 0 aliphatic carbocycles. The van der Waals surface area contributed by atoms with Crippen molar-refractivity contribution >= 4 is 11.8 Å². The van der Waals surface area contributed by atoms with Crippen LogP contribution in [0.3, 0.4) is 0 Å². The number of ether oxygens (including phenoxy) is 2. The third-order valence-corrected chi connectivity index (χ3v) is 4.88. The molecule has 0 radical (unpaired) electrons. The second-order valence-electron chi connectivity index (χ2n) is 8.45. The van der Waals surface area contributed by atoms with E-state index in [1.165, 1.54) is 23.1 Å². The molecule has 172 valence electrons. The zero-order valence-electron chi connectivity index (χ0n) is 18.7. The van der Waals surface area contributed by atoms with Crippen molar-refractivity contribution in [1.29, 1.82) is 0 Å². The topological polar surface area (TPSA) is 102 Å². The standard InChI is InChI=1S/C25H26N2O6/c1-25(2,3)26(24(28)29)16-19-10-7-11-21(14-19)33-23-15-20(12-13-22(23)27(30)31)32-17-18-8-5-4-6-9-18/h4-15H,16-17H2,1-3H3,(H,28,29). The van der Waals surface area contributed by atoms with Gasteiger partial charge >= 0.3 is 11.8 Å². The highest BCUT2D eigenvalue weighted by Crippen LogP contribution is 2.35. The number of nitro groups is 1. The summed E-state index contributed by atoms with van der Waals surface area (Å²) in [5.41, 5.74) is 0.873. The Balaban J connectivity index is 1.82. The third-order valence-electron chi connectivity index (χ3n) is 4.88. The normalized spacial score (nSPS) is 11.0. The van der Waals surface area contributed by atoms with E-state index in [4.69, 9.17) is 9.47 Å². The molecule has 8 nitrogen and oxygen atoms in total. The van der Waals surface area contributed by atoms with Crippen molar-refractivity contribution in [3.63, 3.8) is 0 Å². The first kappa shape index (κ1) is 23.6. The molecule has 0 spiro atoms. The van der Waals surface area contributed by atoms with Gasteiger partial charge in [-0.1, -0.05) is 42.5 Å². The van der Waals surface area contributed by atoms with Crippen molar-refractivity contribution in [1.82, 2.24) is 4.90 Å². The summed E-state index contributed by atoms with van der Waals surface area (Å²) in [7, 11) is 0. The minimum absolute atomic E-state index is 0.0358. The highest BCUT2D eigenvalue weighted by molar-refractivity contribution is 5.66. The fourth-order valence-electron chi connectivity index (χ4n) is 3.17. The van der Waals surface area contributed by atoms with Crippen molar-refractivity contribution in [2.75, 3.05) is 0 Å². The van der Waals surface area contributed by atoms with Gasteiger partial charge in [-0.15, -0.1) is 0 Å². The summed E-state index contributed by atoms with van der Waals surface area (Å²) >= 11 is 0. The minimum atomic E-state index is -1.03. The predicted molar refractivity (Wildman–Crippen MR) is 124 cm³/mol. The highest BCUT2D eigenvalue weighted by atomic mass is 16.6. The summed E-state index contributed by atoms with van der Waals surface area (Å²) in [4.78, 5) is 24.0. The summed E-state index contributed by atoms with van der Waals surface area (Å²) in [5.74, 6) is 0.823. The molecule has 0 unspecified atom stereocenters. The minimum Gasteiger partial charge on any atom is -0.489 e. The lowest BCUT2D eigenvalue weighted by Crippen LogP contribution is -2.44. The van der Waals surface area contributed by atoms with Crippen molar-refractivity contribution in [3.8, 4) is 17.2 Å². The van der Waals surface area contributed by atoms with Crippen LogP contribution in [-0.2, 0) is 13.2 Å². The van der Waals surface area contributed by atoms with Gasteiger partial charge in [0.1, 0.15) is 18.1 Å². The molecule has 0 saturated heterocycles. The van der Waals surface area contributed by atoms with Gasteiger partial charge in [0.05, 0.1) is 4.92 Å². The van der Waals surface area contributed by atoms with Crippen LogP contribution in [0.25, 0.3) is 0 Å². The Morgan fingerprint density at radius 3 is 2.30 bits per heavy atom. The van der Waals surface area contributed by atoms with Crippen molar-refractivity contribution in [2.45, 2.75) is 39.5 Å². The van der Waals surface area contributed by atoms with Gasteiger partial charge in [-0.25, -0.2) is 4.79 Å². The quantitative estimate of drug-likeness (QED) is 0.322. The molecule has 0 aromatic heterocycles. The Labute approximate surface area is 192 Å². The van der Waals surface area contributed by atoms with Crippen LogP contribution >= 0.6 is 0 Å². The summed E-state index contributed by atoms with van der Waals surface area (Å²) < 4.78 is 11.6. The van der Waals surface area contributed by atoms with Crippen LogP contribution in [-0.4, -0.2) is 26.6 Å². The molecule has 1 N–H and O–H groups in total. The lowest BCUT2D eigenvalue weighted by Gasteiger charge is -2.33. The Kier molecular flexibility index (Phi) is 7.17. The third kappa shape index (κ3) is 6.46. The van der Waals surface area contributed by atoms with Gasteiger partial charge in [-0.2, -0.15) is 0 Å². The van der Waals surface area contributed by atoms with E-state index in [9.17, 15) is 20.0 Å². The molecule has 3 aromatic carbocycles. The molecule has 0 atom stereocenters. The molecular formula is C25H26N2O6. The first-order valence-electron chi connectivity index (χ1n) is 10.4. The summed E-state index contributed by atoms with van der Waals surface area (Å²) in [5, 5.41) is 21.1. The molecule has 0 bridgehead atoms. The van der Waals surface area contributed by atoms with E-state index >= 15 is 0 Å². The van der Waals surface area contributed by atoms with Gasteiger partial charge in [-0.3, -0.25) is 15.0 Å². The molecule has 0 aliphatic rings. The Morgan fingerprint density at radius 2 is 1.67 bits per heavy atom. The first-order chi connectivity index (χ1) is 15.6. The number of hydrogen-bond donors (Lipinski definition) is 1. The van der Waals surface area contributed by atoms with Crippen LogP contribution in [0.2, 0.25) is 0 Å². The fourth-order valence-corrected chi connectivity index (χ4v) is 3.17. The average Bonchev–Trinajstić information content (AvgIpc) is 2.76. The van der Waals surface area contributed by atoms with Crippen LogP contribution < -0.4 is 9.47 Å². The number of carbonyl (C=O) groups is 1. The number of nitro benzene ring substituents is 1. The zero-order valence-corrected chi connectivity index (χ0v) is 18.7. The second-order valence-corrected chi connectivity index (χ2v) is 8.45. The monoisotopic (exact) mass is 450 g/mol. The first-order valence-corrected chi connectivity index (χ1v) is 10.4. The van der Waals surface area contributed by atoms with Crippen molar-refractivity contribution in [3.05, 3.63) is 94.0 Å². The summed E-state index contributed by atoms with van der Waals surface area (Å²) in [6, 6.07) is 20.7. The summed E-state index contributed by atoms with van der Waals surface area (Å²) in [6.45, 7) is 5.90. The molecule has 0 heterocycles. The van der Waals surface area contributed by atoms with Crippen LogP contribution in [0.4, 0.5) is 10.5 Å². The highest BCUT2D eigenvalue weighted by Gasteiger charge is 2.26. The second kappa shape index (κ2) is 10.0. The van der Waals surface area contributed by atoms with Crippen molar-refractivity contribution < 1.29 is 24.3 Å². The lowest BCUT2D eigenvalue weighted by atomic mass is 10.1. The average molecular weight is 450 g/mol. The number of hydrogen-bond acceptors (Lipinski definition) is 5. The van der Waals surface area contributed by atoms with Gasteiger partial charge in [0.2, 0.25) is 5.75 Å². The van der Waals surface area contributed by atoms with E-state index in [1.807, 2.05) is 51.1 Å². The molecule has 0 saturated carbocycles. The maximum Gasteiger partial charge on any atom is 0.408 e. The molecule has 8 heteroatoms.